The van der Waals surface area contributed by atoms with Gasteiger partial charge in [0.2, 0.25) is 0 Å². The first kappa shape index (κ1) is 11.7. The largest absolute Gasteiger partial charge is 0.464 e. The molecule has 1 heterocycles. The molecule has 0 bridgehead atoms. The van der Waals surface area contributed by atoms with Gasteiger partial charge in [-0.15, -0.1) is 0 Å². The third kappa shape index (κ3) is 2.17. The molecule has 0 saturated heterocycles. The fourth-order valence-corrected chi connectivity index (χ4v) is 1.80. The first-order valence-corrected chi connectivity index (χ1v) is 5.22. The molecule has 0 spiro atoms. The van der Waals surface area contributed by atoms with Gasteiger partial charge in [0.05, 0.1) is 17.8 Å². The summed E-state index contributed by atoms with van der Waals surface area (Å²) in [5.74, 6) is -0.902. The van der Waals surface area contributed by atoms with Gasteiger partial charge in [0.15, 0.2) is 0 Å². The Bertz CT molecular complexity index is 565. The highest BCUT2D eigenvalue weighted by Crippen LogP contribution is 2.23. The molecule has 88 valence electrons. The van der Waals surface area contributed by atoms with Crippen molar-refractivity contribution in [2.75, 3.05) is 7.11 Å². The minimum absolute atomic E-state index is 0.228. The monoisotopic (exact) mass is 253 g/mol. The van der Waals surface area contributed by atoms with E-state index in [1.54, 1.807) is 22.9 Å². The number of hydrogen-bond donors (Lipinski definition) is 0. The number of nitrogens with zero attached hydrogens (tertiary/aromatic N) is 1. The van der Waals surface area contributed by atoms with Crippen LogP contribution in [0.25, 0.3) is 5.69 Å². The minimum atomic E-state index is -0.476. The predicted molar refractivity (Wildman–Crippen MR) is 62.1 cm³/mol. The minimum Gasteiger partial charge on any atom is -0.464 e. The molecule has 0 aliphatic heterocycles. The number of esters is 1. The summed E-state index contributed by atoms with van der Waals surface area (Å²) >= 11 is 5.93. The lowest BCUT2D eigenvalue weighted by Gasteiger charge is -2.09. The van der Waals surface area contributed by atoms with Crippen LogP contribution in [-0.4, -0.2) is 17.6 Å². The predicted octanol–water partition coefficient (Wildman–Crippen LogP) is 3.06. The third-order valence-electron chi connectivity index (χ3n) is 2.31. The quantitative estimate of drug-likeness (QED) is 0.771. The van der Waals surface area contributed by atoms with E-state index in [0.29, 0.717) is 11.4 Å². The zero-order chi connectivity index (χ0) is 12.4. The Balaban J connectivity index is 2.53. The van der Waals surface area contributed by atoms with Gasteiger partial charge in [0.1, 0.15) is 11.5 Å². The van der Waals surface area contributed by atoms with E-state index in [2.05, 4.69) is 4.74 Å². The molecule has 0 aliphatic rings. The van der Waals surface area contributed by atoms with Crippen molar-refractivity contribution in [2.45, 2.75) is 0 Å². The van der Waals surface area contributed by atoms with Crippen LogP contribution in [0, 0.1) is 5.82 Å². The first-order chi connectivity index (χ1) is 8.13. The second-order valence-electron chi connectivity index (χ2n) is 3.35. The molecule has 0 unspecified atom stereocenters. The molecule has 0 amide bonds. The maximum Gasteiger partial charge on any atom is 0.355 e. The highest BCUT2D eigenvalue weighted by Gasteiger charge is 2.14. The molecule has 0 aliphatic carbocycles. The molecular weight excluding hydrogens is 245 g/mol. The van der Waals surface area contributed by atoms with Crippen LogP contribution in [-0.2, 0) is 4.74 Å². The molecule has 0 fully saturated rings. The molecule has 0 saturated carbocycles. The van der Waals surface area contributed by atoms with Crippen molar-refractivity contribution in [2.24, 2.45) is 0 Å². The van der Waals surface area contributed by atoms with Crippen molar-refractivity contribution in [1.29, 1.82) is 0 Å². The Kier molecular flexibility index (Phi) is 3.15. The van der Waals surface area contributed by atoms with E-state index >= 15 is 0 Å². The number of methoxy groups -OCH3 is 1. The molecule has 0 N–H and O–H groups in total. The van der Waals surface area contributed by atoms with Crippen LogP contribution in [0.3, 0.4) is 0 Å². The summed E-state index contributed by atoms with van der Waals surface area (Å²) in [6, 6.07) is 7.27. The average molecular weight is 254 g/mol. The lowest BCUT2D eigenvalue weighted by molar-refractivity contribution is 0.0591. The van der Waals surface area contributed by atoms with Crippen LogP contribution in [0.2, 0.25) is 5.02 Å². The van der Waals surface area contributed by atoms with Crippen LogP contribution in [0.5, 0.6) is 0 Å². The fourth-order valence-electron chi connectivity index (χ4n) is 1.54. The summed E-state index contributed by atoms with van der Waals surface area (Å²) in [5.41, 5.74) is 0.861. The van der Waals surface area contributed by atoms with Crippen LogP contribution >= 0.6 is 11.6 Å². The molecule has 2 aromatic rings. The van der Waals surface area contributed by atoms with Crippen molar-refractivity contribution < 1.29 is 13.9 Å². The van der Waals surface area contributed by atoms with E-state index in [0.717, 1.165) is 0 Å². The molecule has 0 atom stereocenters. The zero-order valence-electron chi connectivity index (χ0n) is 8.98. The van der Waals surface area contributed by atoms with Crippen molar-refractivity contribution in [3.05, 3.63) is 53.1 Å². The maximum atomic E-state index is 12.9. The lowest BCUT2D eigenvalue weighted by Crippen LogP contribution is -2.08. The van der Waals surface area contributed by atoms with Gasteiger partial charge in [-0.25, -0.2) is 9.18 Å². The van der Waals surface area contributed by atoms with E-state index in [1.165, 1.54) is 25.3 Å². The second kappa shape index (κ2) is 4.59. The first-order valence-electron chi connectivity index (χ1n) is 4.84. The van der Waals surface area contributed by atoms with Gasteiger partial charge >= 0.3 is 5.97 Å². The molecule has 2 rings (SSSR count). The Morgan fingerprint density at radius 1 is 1.41 bits per heavy atom. The van der Waals surface area contributed by atoms with E-state index in [4.69, 9.17) is 11.6 Å². The normalized spacial score (nSPS) is 10.3. The van der Waals surface area contributed by atoms with Gasteiger partial charge in [0.25, 0.3) is 0 Å². The van der Waals surface area contributed by atoms with Gasteiger partial charge in [-0.1, -0.05) is 11.6 Å². The lowest BCUT2D eigenvalue weighted by atomic mass is 10.3. The molecule has 1 aromatic carbocycles. The molecule has 5 heteroatoms. The van der Waals surface area contributed by atoms with Crippen LogP contribution in [0.4, 0.5) is 4.39 Å². The molecule has 3 nitrogen and oxygen atoms in total. The van der Waals surface area contributed by atoms with Gasteiger partial charge in [-0.05, 0) is 30.3 Å². The summed E-state index contributed by atoms with van der Waals surface area (Å²) < 4.78 is 19.1. The number of halogens is 2. The molecule has 17 heavy (non-hydrogen) atoms. The van der Waals surface area contributed by atoms with Crippen molar-refractivity contribution in [1.82, 2.24) is 4.57 Å². The van der Waals surface area contributed by atoms with Crippen LogP contribution in [0.1, 0.15) is 10.5 Å². The standard InChI is InChI=1S/C12H9ClFNO2/c1-17-12(16)11-3-2-6-15(11)10-5-4-8(14)7-9(10)13/h2-7H,1H3. The van der Waals surface area contributed by atoms with Gasteiger partial charge < -0.3 is 9.30 Å². The van der Waals surface area contributed by atoms with Crippen LogP contribution in [0.15, 0.2) is 36.5 Å². The number of aromatic nitrogens is 1. The van der Waals surface area contributed by atoms with Crippen molar-refractivity contribution in [3.8, 4) is 5.69 Å². The van der Waals surface area contributed by atoms with Crippen molar-refractivity contribution >= 4 is 17.6 Å². The van der Waals surface area contributed by atoms with Gasteiger partial charge in [-0.2, -0.15) is 0 Å². The van der Waals surface area contributed by atoms with E-state index in [9.17, 15) is 9.18 Å². The average Bonchev–Trinajstić information content (AvgIpc) is 2.77. The SMILES string of the molecule is COC(=O)c1cccn1-c1ccc(F)cc1Cl. The Morgan fingerprint density at radius 2 is 2.18 bits per heavy atom. The summed E-state index contributed by atoms with van der Waals surface area (Å²) in [5, 5.41) is 0.228. The number of rotatable bonds is 2. The Hall–Kier alpha value is -1.81. The van der Waals surface area contributed by atoms with Crippen molar-refractivity contribution in [3.63, 3.8) is 0 Å². The van der Waals surface area contributed by atoms with E-state index in [-0.39, 0.29) is 5.02 Å². The number of ether oxygens (including phenoxy) is 1. The fraction of sp³-hybridized carbons (Fsp3) is 0.0833. The summed E-state index contributed by atoms with van der Waals surface area (Å²) in [6.07, 6.45) is 1.66. The Morgan fingerprint density at radius 3 is 2.82 bits per heavy atom. The third-order valence-corrected chi connectivity index (χ3v) is 2.62. The van der Waals surface area contributed by atoms with Gasteiger partial charge in [0, 0.05) is 6.20 Å². The summed E-state index contributed by atoms with van der Waals surface area (Å²) in [4.78, 5) is 11.5. The number of benzene rings is 1. The Labute approximate surface area is 102 Å². The smallest absolute Gasteiger partial charge is 0.355 e. The summed E-state index contributed by atoms with van der Waals surface area (Å²) in [7, 11) is 1.30. The second-order valence-corrected chi connectivity index (χ2v) is 3.76. The molecule has 0 radical (unpaired) electrons. The highest BCUT2D eigenvalue weighted by atomic mass is 35.5. The highest BCUT2D eigenvalue weighted by molar-refractivity contribution is 6.32. The maximum absolute atomic E-state index is 12.9. The van der Waals surface area contributed by atoms with E-state index in [1.807, 2.05) is 0 Å². The number of carbonyl (C=O) groups is 1. The number of carbonyl (C=O) groups excluding carboxylic acids is 1. The number of hydrogen-bond acceptors (Lipinski definition) is 2. The van der Waals surface area contributed by atoms with Crippen LogP contribution < -0.4 is 0 Å². The van der Waals surface area contributed by atoms with Gasteiger partial charge in [-0.3, -0.25) is 0 Å². The zero-order valence-corrected chi connectivity index (χ0v) is 9.74. The molecular formula is C12H9ClFNO2. The van der Waals surface area contributed by atoms with E-state index < -0.39 is 11.8 Å². The molecule has 1 aromatic heterocycles. The summed E-state index contributed by atoms with van der Waals surface area (Å²) in [6.45, 7) is 0. The topological polar surface area (TPSA) is 31.2 Å².